The summed E-state index contributed by atoms with van der Waals surface area (Å²) >= 11 is 0. The number of aromatic nitrogens is 2. The van der Waals surface area contributed by atoms with E-state index >= 15 is 0 Å². The van der Waals surface area contributed by atoms with Gasteiger partial charge in [-0.15, -0.1) is 0 Å². The van der Waals surface area contributed by atoms with Crippen LogP contribution in [0.1, 0.15) is 72.7 Å². The number of phenolic OH excluding ortho intramolecular Hbond substituents is 1. The normalized spacial score (nSPS) is 23.4. The van der Waals surface area contributed by atoms with Gasteiger partial charge in [-0.2, -0.15) is 0 Å². The fraction of sp³-hybridized carbons (Fsp3) is 0.429. The number of phenols is 1. The molecule has 0 saturated carbocycles. The third kappa shape index (κ3) is 5.53. The van der Waals surface area contributed by atoms with Crippen LogP contribution < -0.4 is 5.14 Å². The monoisotopic (exact) mass is 627 g/mol. The van der Waals surface area contributed by atoms with E-state index in [9.17, 15) is 18.3 Å². The smallest absolute Gasteiger partial charge is 0.257 e. The van der Waals surface area contributed by atoms with E-state index in [2.05, 4.69) is 64.9 Å². The number of nitrogens with two attached hydrogens (primary N) is 1. The lowest BCUT2D eigenvalue weighted by molar-refractivity contribution is 0.0604. The van der Waals surface area contributed by atoms with E-state index in [1.807, 2.05) is 6.07 Å². The number of carbonyl (C=O) groups is 1. The number of fused-ring (bicyclic) bond motifs is 3. The topological polar surface area (TPSA) is 122 Å². The Hall–Kier alpha value is -3.73. The predicted octanol–water partition coefficient (Wildman–Crippen LogP) is 5.13. The van der Waals surface area contributed by atoms with E-state index in [-0.39, 0.29) is 27.5 Å². The lowest BCUT2D eigenvalue weighted by Gasteiger charge is -2.45. The Morgan fingerprint density at radius 1 is 0.956 bits per heavy atom. The fourth-order valence-electron chi connectivity index (χ4n) is 8.44. The molecule has 45 heavy (non-hydrogen) atoms. The summed E-state index contributed by atoms with van der Waals surface area (Å²) < 4.78 is 26.3. The van der Waals surface area contributed by atoms with Crippen molar-refractivity contribution in [3.63, 3.8) is 0 Å². The zero-order chi connectivity index (χ0) is 31.3. The van der Waals surface area contributed by atoms with E-state index < -0.39 is 10.0 Å². The van der Waals surface area contributed by atoms with Crippen molar-refractivity contribution in [1.29, 1.82) is 0 Å². The zero-order valence-electron chi connectivity index (χ0n) is 25.7. The van der Waals surface area contributed by atoms with Crippen LogP contribution in [0.3, 0.4) is 0 Å². The van der Waals surface area contributed by atoms with Crippen LogP contribution in [-0.2, 0) is 15.4 Å². The standard InChI is InChI=1S/C35H41N5O4S/c1-24-37-31-9-5-6-10-32(31)40(24)28-21-26-11-12-27(22-28)39(26)20-17-35(25-7-3-2-4-8-25)15-18-38(19-16-35)34(42)30-23-29(45(36,43)44)13-14-33(30)41/h2-10,13-14,23,26-28,41H,11-12,15-22H2,1H3,(H2,36,43,44)/t26-,27+,28?. The molecular formula is C35H41N5O4S. The molecule has 0 aliphatic carbocycles. The van der Waals surface area contributed by atoms with E-state index in [4.69, 9.17) is 10.1 Å². The minimum absolute atomic E-state index is 0.0333. The summed E-state index contributed by atoms with van der Waals surface area (Å²) in [5.74, 6) is 0.482. The summed E-state index contributed by atoms with van der Waals surface area (Å²) in [6, 6.07) is 24.3. The lowest BCUT2D eigenvalue weighted by Crippen LogP contribution is -2.49. The van der Waals surface area contributed by atoms with Gasteiger partial charge in [0.1, 0.15) is 11.6 Å². The first-order valence-corrected chi connectivity index (χ1v) is 17.6. The van der Waals surface area contributed by atoms with Gasteiger partial charge in [0, 0.05) is 31.2 Å². The number of benzene rings is 3. The summed E-state index contributed by atoms with van der Waals surface area (Å²) in [7, 11) is -4.00. The maximum atomic E-state index is 13.5. The maximum Gasteiger partial charge on any atom is 0.257 e. The van der Waals surface area contributed by atoms with Crippen LogP contribution in [0, 0.1) is 6.92 Å². The zero-order valence-corrected chi connectivity index (χ0v) is 26.5. The Kier molecular flexibility index (Phi) is 7.70. The van der Waals surface area contributed by atoms with Crippen molar-refractivity contribution in [3.8, 4) is 5.75 Å². The highest BCUT2D eigenvalue weighted by molar-refractivity contribution is 7.89. The molecule has 3 fully saturated rings. The van der Waals surface area contributed by atoms with Crippen LogP contribution in [0.2, 0.25) is 0 Å². The molecule has 0 radical (unpaired) electrons. The Morgan fingerprint density at radius 3 is 2.31 bits per heavy atom. The van der Waals surface area contributed by atoms with Crippen LogP contribution >= 0.6 is 0 Å². The van der Waals surface area contributed by atoms with Crippen LogP contribution in [0.15, 0.2) is 77.7 Å². The summed E-state index contributed by atoms with van der Waals surface area (Å²) in [5, 5.41) is 15.7. The highest BCUT2D eigenvalue weighted by atomic mass is 32.2. The number of aryl methyl sites for hydroxylation is 1. The van der Waals surface area contributed by atoms with Crippen molar-refractivity contribution in [2.24, 2.45) is 5.14 Å². The number of rotatable bonds is 7. The molecule has 2 bridgehead atoms. The van der Waals surface area contributed by atoms with Crippen LogP contribution in [0.5, 0.6) is 5.75 Å². The molecule has 4 heterocycles. The second-order valence-corrected chi connectivity index (χ2v) is 14.7. The van der Waals surface area contributed by atoms with Gasteiger partial charge in [-0.1, -0.05) is 42.5 Å². The number of amides is 1. The van der Waals surface area contributed by atoms with Crippen molar-refractivity contribution >= 4 is 27.0 Å². The van der Waals surface area contributed by atoms with Crippen LogP contribution in [0.4, 0.5) is 0 Å². The summed E-state index contributed by atoms with van der Waals surface area (Å²) in [5.41, 5.74) is 3.51. The molecule has 3 aliphatic heterocycles. The van der Waals surface area contributed by atoms with Crippen LogP contribution in [0.25, 0.3) is 11.0 Å². The average Bonchev–Trinajstić information content (AvgIpc) is 3.50. The average molecular weight is 628 g/mol. The van der Waals surface area contributed by atoms with Crippen LogP contribution in [-0.4, -0.2) is 70.5 Å². The van der Waals surface area contributed by atoms with E-state index in [1.54, 1.807) is 4.90 Å². The molecule has 4 aromatic rings. The molecule has 3 N–H and O–H groups in total. The Bertz CT molecular complexity index is 1820. The van der Waals surface area contributed by atoms with Gasteiger partial charge >= 0.3 is 0 Å². The lowest BCUT2D eigenvalue weighted by atomic mass is 9.70. The molecule has 236 valence electrons. The molecule has 7 rings (SSSR count). The van der Waals surface area contributed by atoms with E-state index in [0.29, 0.717) is 31.2 Å². The Balaban J connectivity index is 1.07. The Labute approximate surface area is 264 Å². The molecule has 10 heteroatoms. The number of imidazole rings is 1. The van der Waals surface area contributed by atoms with Crippen molar-refractivity contribution < 1.29 is 18.3 Å². The molecule has 1 aromatic heterocycles. The summed E-state index contributed by atoms with van der Waals surface area (Å²) in [6.45, 7) is 4.20. The van der Waals surface area contributed by atoms with Crippen molar-refractivity contribution in [1.82, 2.24) is 19.4 Å². The van der Waals surface area contributed by atoms with Crippen molar-refractivity contribution in [2.45, 2.75) is 80.3 Å². The molecule has 9 nitrogen and oxygen atoms in total. The largest absolute Gasteiger partial charge is 0.507 e. The van der Waals surface area contributed by atoms with Gasteiger partial charge in [-0.25, -0.2) is 18.5 Å². The first-order valence-electron chi connectivity index (χ1n) is 16.0. The second-order valence-electron chi connectivity index (χ2n) is 13.2. The number of para-hydroxylation sites is 2. The molecule has 1 unspecified atom stereocenters. The summed E-state index contributed by atoms with van der Waals surface area (Å²) in [4.78, 5) is 22.7. The fourth-order valence-corrected chi connectivity index (χ4v) is 8.98. The van der Waals surface area contributed by atoms with Gasteiger partial charge in [0.25, 0.3) is 5.91 Å². The number of sulfonamides is 1. The van der Waals surface area contributed by atoms with Gasteiger partial charge in [0.15, 0.2) is 0 Å². The van der Waals surface area contributed by atoms with Gasteiger partial charge < -0.3 is 14.6 Å². The SMILES string of the molecule is Cc1nc2ccccc2n1C1C[C@H]2CC[C@@H](C1)N2CCC1(c2ccccc2)CCN(C(=O)c2cc(S(N)(=O)=O)ccc2O)CC1. The molecule has 1 amide bonds. The number of primary sulfonamides is 1. The minimum Gasteiger partial charge on any atom is -0.507 e. The maximum absolute atomic E-state index is 13.5. The third-order valence-corrected chi connectivity index (χ3v) is 11.7. The first kappa shape index (κ1) is 30.0. The van der Waals surface area contributed by atoms with Gasteiger partial charge in [-0.05, 0) is 99.7 Å². The van der Waals surface area contributed by atoms with E-state index in [0.717, 1.165) is 50.0 Å². The van der Waals surface area contributed by atoms with E-state index in [1.165, 1.54) is 42.1 Å². The molecule has 3 aromatic carbocycles. The minimum atomic E-state index is -4.00. The highest BCUT2D eigenvalue weighted by Gasteiger charge is 2.44. The quantitative estimate of drug-likeness (QED) is 0.293. The van der Waals surface area contributed by atoms with Gasteiger partial charge in [0.05, 0.1) is 21.5 Å². The summed E-state index contributed by atoms with van der Waals surface area (Å²) in [6.07, 6.45) is 7.34. The number of piperidine rings is 2. The van der Waals surface area contributed by atoms with Gasteiger partial charge in [0.2, 0.25) is 10.0 Å². The molecule has 0 spiro atoms. The number of nitrogens with zero attached hydrogens (tertiary/aromatic N) is 4. The highest BCUT2D eigenvalue weighted by Crippen LogP contribution is 2.45. The number of hydrogen-bond acceptors (Lipinski definition) is 6. The molecule has 3 atom stereocenters. The van der Waals surface area contributed by atoms with Crippen molar-refractivity contribution in [3.05, 3.63) is 89.7 Å². The molecule has 3 aliphatic rings. The molecular weight excluding hydrogens is 586 g/mol. The third-order valence-electron chi connectivity index (χ3n) is 10.8. The number of hydrogen-bond donors (Lipinski definition) is 2. The van der Waals surface area contributed by atoms with Gasteiger partial charge in [-0.3, -0.25) is 9.69 Å². The Morgan fingerprint density at radius 2 is 1.62 bits per heavy atom. The second kappa shape index (κ2) is 11.6. The number of likely N-dealkylation sites (tertiary alicyclic amines) is 1. The predicted molar refractivity (Wildman–Crippen MR) is 174 cm³/mol. The van der Waals surface area contributed by atoms with Crippen molar-refractivity contribution in [2.75, 3.05) is 19.6 Å². The first-order chi connectivity index (χ1) is 21.6. The number of carbonyl (C=O) groups excluding carboxylic acids is 1. The number of aromatic hydroxyl groups is 1. The molecule has 3 saturated heterocycles.